The van der Waals surface area contributed by atoms with Gasteiger partial charge in [-0.15, -0.1) is 0 Å². The lowest BCUT2D eigenvalue weighted by molar-refractivity contribution is -0.129. The molecule has 1 N–H and O–H groups in total. The summed E-state index contributed by atoms with van der Waals surface area (Å²) in [7, 11) is -3.12. The molecule has 26 heavy (non-hydrogen) atoms. The minimum Gasteiger partial charge on any atom is -0.351 e. The molecule has 3 rings (SSSR count). The van der Waals surface area contributed by atoms with E-state index in [-0.39, 0.29) is 16.4 Å². The number of hydrogen-bond donors (Lipinski definition) is 1. The maximum Gasteiger partial charge on any atom is 0.294 e. The number of nitrogens with zero attached hydrogens (tertiary/aromatic N) is 1. The molecule has 1 aromatic rings. The summed E-state index contributed by atoms with van der Waals surface area (Å²) in [5.74, 6) is -1.19. The van der Waals surface area contributed by atoms with Gasteiger partial charge in [0.15, 0.2) is 9.84 Å². The van der Waals surface area contributed by atoms with Gasteiger partial charge in [0.25, 0.3) is 11.1 Å². The first-order chi connectivity index (χ1) is 12.2. The summed E-state index contributed by atoms with van der Waals surface area (Å²) in [6.07, 6.45) is 1.90. The van der Waals surface area contributed by atoms with Crippen molar-refractivity contribution < 1.29 is 22.8 Å². The zero-order valence-electron chi connectivity index (χ0n) is 13.5. The van der Waals surface area contributed by atoms with E-state index in [1.807, 2.05) is 0 Å². The zero-order chi connectivity index (χ0) is 18.9. The molecule has 0 spiro atoms. The zero-order valence-corrected chi connectivity index (χ0v) is 15.9. The Labute approximate surface area is 159 Å². The summed E-state index contributed by atoms with van der Waals surface area (Å²) in [5.41, 5.74) is 0.709. The molecule has 0 bridgehead atoms. The van der Waals surface area contributed by atoms with Crippen molar-refractivity contribution in [2.24, 2.45) is 0 Å². The second-order valence-electron chi connectivity index (χ2n) is 5.99. The molecule has 2 fully saturated rings. The molecule has 10 heteroatoms. The topological polar surface area (TPSA) is 101 Å². The standard InChI is InChI=1S/C16H15ClN2O5S2/c17-11-3-1-10(2-4-11)7-13-15(21)19(16(22)25-13)8-14(20)18-12-5-6-26(23,24)9-12/h1-4,7,12H,5-6,8-9H2,(H,18,20)/b13-7-/t12-/m1/s1. The van der Waals surface area contributed by atoms with E-state index in [1.165, 1.54) is 0 Å². The fourth-order valence-electron chi connectivity index (χ4n) is 2.67. The summed E-state index contributed by atoms with van der Waals surface area (Å²) >= 11 is 6.57. The van der Waals surface area contributed by atoms with Crippen molar-refractivity contribution in [2.75, 3.05) is 18.1 Å². The smallest absolute Gasteiger partial charge is 0.294 e. The minimum atomic E-state index is -3.12. The molecule has 2 aliphatic rings. The highest BCUT2D eigenvalue weighted by atomic mass is 35.5. The largest absolute Gasteiger partial charge is 0.351 e. The highest BCUT2D eigenvalue weighted by Crippen LogP contribution is 2.32. The molecule has 7 nitrogen and oxygen atoms in total. The average molecular weight is 415 g/mol. The molecule has 0 radical (unpaired) electrons. The predicted molar refractivity (Wildman–Crippen MR) is 99.3 cm³/mol. The van der Waals surface area contributed by atoms with Crippen molar-refractivity contribution in [2.45, 2.75) is 12.5 Å². The van der Waals surface area contributed by atoms with E-state index < -0.39 is 39.5 Å². The second-order valence-corrected chi connectivity index (χ2v) is 9.65. The van der Waals surface area contributed by atoms with Crippen molar-refractivity contribution >= 4 is 56.3 Å². The quantitative estimate of drug-likeness (QED) is 0.752. The molecule has 3 amide bonds. The van der Waals surface area contributed by atoms with Gasteiger partial charge in [0.2, 0.25) is 5.91 Å². The van der Waals surface area contributed by atoms with Crippen LogP contribution in [-0.2, 0) is 19.4 Å². The normalized spacial score (nSPS) is 23.7. The van der Waals surface area contributed by atoms with Crippen LogP contribution in [0.4, 0.5) is 4.79 Å². The van der Waals surface area contributed by atoms with Crippen molar-refractivity contribution in [1.82, 2.24) is 10.2 Å². The van der Waals surface area contributed by atoms with Crippen LogP contribution < -0.4 is 5.32 Å². The summed E-state index contributed by atoms with van der Waals surface area (Å²) in [5, 5.41) is 2.58. The second kappa shape index (κ2) is 7.42. The number of imide groups is 1. The number of rotatable bonds is 4. The summed E-state index contributed by atoms with van der Waals surface area (Å²) in [4.78, 5) is 37.6. The van der Waals surface area contributed by atoms with E-state index in [0.717, 1.165) is 16.7 Å². The van der Waals surface area contributed by atoms with Gasteiger partial charge in [-0.2, -0.15) is 0 Å². The van der Waals surface area contributed by atoms with Crippen LogP contribution in [0.5, 0.6) is 0 Å². The van der Waals surface area contributed by atoms with Crippen molar-refractivity contribution in [3.8, 4) is 0 Å². The lowest BCUT2D eigenvalue weighted by atomic mass is 10.2. The molecule has 2 heterocycles. The van der Waals surface area contributed by atoms with Crippen LogP contribution in [0, 0.1) is 0 Å². The van der Waals surface area contributed by atoms with Crippen LogP contribution in [0.15, 0.2) is 29.2 Å². The van der Waals surface area contributed by atoms with Crippen LogP contribution in [0.3, 0.4) is 0 Å². The summed E-state index contributed by atoms with van der Waals surface area (Å²) in [6.45, 7) is -0.431. The molecule has 1 aromatic carbocycles. The molecular formula is C16H15ClN2O5S2. The van der Waals surface area contributed by atoms with Gasteiger partial charge >= 0.3 is 0 Å². The number of sulfone groups is 1. The van der Waals surface area contributed by atoms with Crippen molar-refractivity contribution in [3.05, 3.63) is 39.8 Å². The predicted octanol–water partition coefficient (Wildman–Crippen LogP) is 1.68. The van der Waals surface area contributed by atoms with Gasteiger partial charge in [0, 0.05) is 11.1 Å². The van der Waals surface area contributed by atoms with Crippen molar-refractivity contribution in [3.63, 3.8) is 0 Å². The third-order valence-electron chi connectivity index (χ3n) is 3.94. The van der Waals surface area contributed by atoms with E-state index in [1.54, 1.807) is 30.3 Å². The Kier molecular flexibility index (Phi) is 5.40. The van der Waals surface area contributed by atoms with Crippen LogP contribution in [-0.4, -0.2) is 54.5 Å². The highest BCUT2D eigenvalue weighted by Gasteiger charge is 2.37. The highest BCUT2D eigenvalue weighted by molar-refractivity contribution is 8.18. The molecule has 138 valence electrons. The van der Waals surface area contributed by atoms with E-state index in [4.69, 9.17) is 11.6 Å². The Morgan fingerprint density at radius 2 is 2.00 bits per heavy atom. The fourth-order valence-corrected chi connectivity index (χ4v) is 5.31. The fraction of sp³-hybridized carbons (Fsp3) is 0.312. The summed E-state index contributed by atoms with van der Waals surface area (Å²) < 4.78 is 22.8. The van der Waals surface area contributed by atoms with Crippen LogP contribution in [0.1, 0.15) is 12.0 Å². The SMILES string of the molecule is O=C(CN1C(=O)S/C(=C\c2ccc(Cl)cc2)C1=O)N[C@@H]1CCS(=O)(=O)C1. The number of nitrogens with one attached hydrogen (secondary N) is 1. The lowest BCUT2D eigenvalue weighted by Gasteiger charge is -2.15. The molecule has 0 saturated carbocycles. The van der Waals surface area contributed by atoms with Gasteiger partial charge < -0.3 is 5.32 Å². The van der Waals surface area contributed by atoms with Gasteiger partial charge in [-0.05, 0) is 42.0 Å². The first-order valence-corrected chi connectivity index (χ1v) is 10.8. The number of benzene rings is 1. The molecule has 1 atom stereocenters. The lowest BCUT2D eigenvalue weighted by Crippen LogP contribution is -2.43. The van der Waals surface area contributed by atoms with Gasteiger partial charge in [0.05, 0.1) is 16.4 Å². The molecular weight excluding hydrogens is 400 g/mol. The maximum atomic E-state index is 12.4. The van der Waals surface area contributed by atoms with Gasteiger partial charge in [-0.25, -0.2) is 8.42 Å². The molecule has 0 aliphatic carbocycles. The van der Waals surface area contributed by atoms with Gasteiger partial charge in [-0.1, -0.05) is 23.7 Å². The van der Waals surface area contributed by atoms with Crippen LogP contribution in [0.25, 0.3) is 6.08 Å². The Hall–Kier alpha value is -1.84. The number of thioether (sulfide) groups is 1. The van der Waals surface area contributed by atoms with Gasteiger partial charge in [-0.3, -0.25) is 19.3 Å². The molecule has 2 saturated heterocycles. The Bertz CT molecular complexity index is 896. The number of carbonyl (C=O) groups is 3. The number of hydrogen-bond acceptors (Lipinski definition) is 6. The van der Waals surface area contributed by atoms with Gasteiger partial charge in [0.1, 0.15) is 6.54 Å². The Morgan fingerprint density at radius 3 is 2.62 bits per heavy atom. The van der Waals surface area contributed by atoms with Crippen molar-refractivity contribution in [1.29, 1.82) is 0 Å². The average Bonchev–Trinajstić information content (AvgIpc) is 3.03. The summed E-state index contributed by atoms with van der Waals surface area (Å²) in [6, 6.07) is 6.28. The Balaban J connectivity index is 1.63. The van der Waals surface area contributed by atoms with E-state index >= 15 is 0 Å². The molecule has 0 aromatic heterocycles. The first kappa shape index (κ1) is 18.9. The number of amides is 3. The van der Waals surface area contributed by atoms with Crippen LogP contribution >= 0.6 is 23.4 Å². The number of halogens is 1. The van der Waals surface area contributed by atoms with E-state index in [9.17, 15) is 22.8 Å². The Morgan fingerprint density at radius 1 is 1.31 bits per heavy atom. The van der Waals surface area contributed by atoms with E-state index in [0.29, 0.717) is 17.0 Å². The minimum absolute atomic E-state index is 0.0311. The van der Waals surface area contributed by atoms with Crippen LogP contribution in [0.2, 0.25) is 5.02 Å². The third-order valence-corrected chi connectivity index (χ3v) is 6.87. The van der Waals surface area contributed by atoms with E-state index in [2.05, 4.69) is 5.32 Å². The first-order valence-electron chi connectivity index (χ1n) is 7.74. The monoisotopic (exact) mass is 414 g/mol. The third kappa shape index (κ3) is 4.46. The maximum absolute atomic E-state index is 12.4. The molecule has 0 unspecified atom stereocenters. The number of carbonyl (C=O) groups excluding carboxylic acids is 3. The molecule has 2 aliphatic heterocycles.